The van der Waals surface area contributed by atoms with Gasteiger partial charge in [-0.1, -0.05) is 55.4 Å². The van der Waals surface area contributed by atoms with Gasteiger partial charge in [-0.25, -0.2) is 0 Å². The molecule has 0 amide bonds. The van der Waals surface area contributed by atoms with Crippen LogP contribution in [0.4, 0.5) is 0 Å². The summed E-state index contributed by atoms with van der Waals surface area (Å²) in [7, 11) is 0. The van der Waals surface area contributed by atoms with E-state index in [1.807, 2.05) is 0 Å². The Labute approximate surface area is 115 Å². The number of hydrogen-bond acceptors (Lipinski definition) is 2. The minimum absolute atomic E-state index is 0.628. The van der Waals surface area contributed by atoms with E-state index in [0.717, 1.165) is 13.1 Å². The first-order chi connectivity index (χ1) is 8.23. The average Bonchev–Trinajstić information content (AvgIpc) is 2.14. The van der Waals surface area contributed by atoms with Crippen LogP contribution in [-0.4, -0.2) is 30.1 Å². The van der Waals surface area contributed by atoms with Crippen LogP contribution in [0.3, 0.4) is 0 Å². The minimum atomic E-state index is 0.628. The van der Waals surface area contributed by atoms with Crippen LogP contribution in [0.2, 0.25) is 0 Å². The van der Waals surface area contributed by atoms with Gasteiger partial charge in [0.25, 0.3) is 0 Å². The van der Waals surface area contributed by atoms with Gasteiger partial charge in [0.2, 0.25) is 0 Å². The highest BCUT2D eigenvalue weighted by molar-refractivity contribution is 4.86. The standard InChI is InChI=1S/C16H36N2/c1-11(2)15(12(3)4)18(10-9-17)16(13(5)6)14(7)8/h11-16H,9-10,17H2,1-8H3. The minimum Gasteiger partial charge on any atom is -0.329 e. The molecule has 0 aliphatic heterocycles. The molecule has 2 N–H and O–H groups in total. The summed E-state index contributed by atoms with van der Waals surface area (Å²) in [5, 5.41) is 0. The molecule has 0 aromatic rings. The second kappa shape index (κ2) is 8.16. The smallest absolute Gasteiger partial charge is 0.0145 e. The summed E-state index contributed by atoms with van der Waals surface area (Å²) in [6.07, 6.45) is 0. The van der Waals surface area contributed by atoms with Crippen LogP contribution in [0.25, 0.3) is 0 Å². The van der Waals surface area contributed by atoms with Crippen LogP contribution in [-0.2, 0) is 0 Å². The highest BCUT2D eigenvalue weighted by Gasteiger charge is 2.33. The molecule has 0 aromatic heterocycles. The van der Waals surface area contributed by atoms with Crippen LogP contribution in [0.15, 0.2) is 0 Å². The van der Waals surface area contributed by atoms with E-state index in [1.54, 1.807) is 0 Å². The van der Waals surface area contributed by atoms with Crippen LogP contribution in [0.1, 0.15) is 55.4 Å². The zero-order valence-corrected chi connectivity index (χ0v) is 13.9. The van der Waals surface area contributed by atoms with Gasteiger partial charge in [-0.3, -0.25) is 4.90 Å². The molecular weight excluding hydrogens is 220 g/mol. The summed E-state index contributed by atoms with van der Waals surface area (Å²) < 4.78 is 0. The summed E-state index contributed by atoms with van der Waals surface area (Å²) in [5.41, 5.74) is 5.86. The van der Waals surface area contributed by atoms with Crippen molar-refractivity contribution in [1.29, 1.82) is 0 Å². The van der Waals surface area contributed by atoms with E-state index in [1.165, 1.54) is 0 Å². The Morgan fingerprint density at radius 2 is 0.944 bits per heavy atom. The number of hydrogen-bond donors (Lipinski definition) is 1. The second-order valence-electron chi connectivity index (χ2n) is 6.98. The summed E-state index contributed by atoms with van der Waals surface area (Å²) in [5.74, 6) is 2.71. The van der Waals surface area contributed by atoms with E-state index < -0.39 is 0 Å². The third-order valence-corrected chi connectivity index (χ3v) is 3.89. The van der Waals surface area contributed by atoms with Gasteiger partial charge in [0.15, 0.2) is 0 Å². The summed E-state index contributed by atoms with van der Waals surface area (Å²) >= 11 is 0. The van der Waals surface area contributed by atoms with Gasteiger partial charge < -0.3 is 5.73 Å². The lowest BCUT2D eigenvalue weighted by molar-refractivity contribution is 0.0277. The summed E-state index contributed by atoms with van der Waals surface area (Å²) in [6, 6.07) is 1.26. The molecule has 0 rings (SSSR count). The molecule has 0 heterocycles. The molecule has 0 aromatic carbocycles. The maximum atomic E-state index is 5.86. The molecule has 0 unspecified atom stereocenters. The molecule has 110 valence electrons. The zero-order valence-electron chi connectivity index (χ0n) is 13.9. The predicted molar refractivity (Wildman–Crippen MR) is 82.7 cm³/mol. The van der Waals surface area contributed by atoms with Crippen molar-refractivity contribution in [1.82, 2.24) is 4.90 Å². The molecule has 0 aliphatic rings. The number of nitrogens with two attached hydrogens (primary N) is 1. The first-order valence-corrected chi connectivity index (χ1v) is 7.69. The highest BCUT2D eigenvalue weighted by atomic mass is 15.2. The quantitative estimate of drug-likeness (QED) is 0.719. The molecule has 0 bridgehead atoms. The van der Waals surface area contributed by atoms with E-state index in [0.29, 0.717) is 35.8 Å². The fourth-order valence-electron chi connectivity index (χ4n) is 3.72. The summed E-state index contributed by atoms with van der Waals surface area (Å²) in [4.78, 5) is 2.69. The Balaban J connectivity index is 5.22. The van der Waals surface area contributed by atoms with Gasteiger partial charge in [-0.2, -0.15) is 0 Å². The normalized spacial score (nSPS) is 13.3. The third-order valence-electron chi connectivity index (χ3n) is 3.89. The van der Waals surface area contributed by atoms with Gasteiger partial charge >= 0.3 is 0 Å². The van der Waals surface area contributed by atoms with Crippen molar-refractivity contribution >= 4 is 0 Å². The van der Waals surface area contributed by atoms with Gasteiger partial charge in [-0.15, -0.1) is 0 Å². The zero-order chi connectivity index (χ0) is 14.5. The monoisotopic (exact) mass is 256 g/mol. The molecule has 0 saturated carbocycles. The molecule has 0 spiro atoms. The molecule has 2 nitrogen and oxygen atoms in total. The summed E-state index contributed by atoms with van der Waals surface area (Å²) in [6.45, 7) is 20.5. The Morgan fingerprint density at radius 3 is 1.11 bits per heavy atom. The lowest BCUT2D eigenvalue weighted by Gasteiger charge is -2.45. The molecule has 0 radical (unpaired) electrons. The van der Waals surface area contributed by atoms with Crippen LogP contribution >= 0.6 is 0 Å². The van der Waals surface area contributed by atoms with Crippen molar-refractivity contribution in [2.24, 2.45) is 29.4 Å². The topological polar surface area (TPSA) is 29.3 Å². The molecule has 2 heteroatoms. The van der Waals surface area contributed by atoms with E-state index in [-0.39, 0.29) is 0 Å². The van der Waals surface area contributed by atoms with Crippen molar-refractivity contribution in [3.8, 4) is 0 Å². The molecule has 0 saturated heterocycles. The van der Waals surface area contributed by atoms with E-state index in [9.17, 15) is 0 Å². The fraction of sp³-hybridized carbons (Fsp3) is 1.00. The molecular formula is C16H36N2. The molecule has 0 fully saturated rings. The first-order valence-electron chi connectivity index (χ1n) is 7.69. The molecule has 0 aliphatic carbocycles. The van der Waals surface area contributed by atoms with Crippen LogP contribution in [0.5, 0.6) is 0 Å². The lowest BCUT2D eigenvalue weighted by Crippen LogP contribution is -2.54. The molecule has 0 atom stereocenters. The van der Waals surface area contributed by atoms with Gasteiger partial charge in [0.1, 0.15) is 0 Å². The van der Waals surface area contributed by atoms with E-state index >= 15 is 0 Å². The van der Waals surface area contributed by atoms with E-state index in [4.69, 9.17) is 5.73 Å². The Bertz CT molecular complexity index is 173. The SMILES string of the molecule is CC(C)C(C(C)C)N(CCN)C(C(C)C)C(C)C. The Morgan fingerprint density at radius 1 is 0.667 bits per heavy atom. The van der Waals surface area contributed by atoms with Gasteiger partial charge in [-0.05, 0) is 23.7 Å². The Hall–Kier alpha value is -0.0800. The van der Waals surface area contributed by atoms with E-state index in [2.05, 4.69) is 60.3 Å². The van der Waals surface area contributed by atoms with Gasteiger partial charge in [0, 0.05) is 25.2 Å². The largest absolute Gasteiger partial charge is 0.329 e. The van der Waals surface area contributed by atoms with Gasteiger partial charge in [0.05, 0.1) is 0 Å². The van der Waals surface area contributed by atoms with Crippen molar-refractivity contribution in [2.45, 2.75) is 67.5 Å². The van der Waals surface area contributed by atoms with Crippen molar-refractivity contribution in [2.75, 3.05) is 13.1 Å². The maximum Gasteiger partial charge on any atom is 0.0145 e. The molecule has 18 heavy (non-hydrogen) atoms. The van der Waals surface area contributed by atoms with Crippen LogP contribution < -0.4 is 5.73 Å². The lowest BCUT2D eigenvalue weighted by atomic mass is 9.84. The first kappa shape index (κ1) is 17.9. The van der Waals surface area contributed by atoms with Crippen LogP contribution in [0, 0.1) is 23.7 Å². The maximum absolute atomic E-state index is 5.86. The predicted octanol–water partition coefficient (Wildman–Crippen LogP) is 3.61. The van der Waals surface area contributed by atoms with Crippen molar-refractivity contribution < 1.29 is 0 Å². The highest BCUT2D eigenvalue weighted by Crippen LogP contribution is 2.28. The second-order valence-corrected chi connectivity index (χ2v) is 6.98. The van der Waals surface area contributed by atoms with Crippen molar-refractivity contribution in [3.63, 3.8) is 0 Å². The Kier molecular flexibility index (Phi) is 8.13. The fourth-order valence-corrected chi connectivity index (χ4v) is 3.72. The van der Waals surface area contributed by atoms with Crippen molar-refractivity contribution in [3.05, 3.63) is 0 Å². The number of rotatable bonds is 8. The number of nitrogens with zero attached hydrogens (tertiary/aromatic N) is 1. The average molecular weight is 256 g/mol. The third kappa shape index (κ3) is 4.89.